The summed E-state index contributed by atoms with van der Waals surface area (Å²) in [6.07, 6.45) is 0. The molecule has 4 aromatic carbocycles. The molecule has 0 heterocycles. The molecule has 0 aliphatic rings. The molecule has 2 atom stereocenters. The van der Waals surface area contributed by atoms with Crippen LogP contribution in [0.1, 0.15) is 28.5 Å². The van der Waals surface area contributed by atoms with Gasteiger partial charge in [0.15, 0.2) is 12.9 Å². The van der Waals surface area contributed by atoms with Gasteiger partial charge in [-0.15, -0.1) is 0 Å². The Morgan fingerprint density at radius 2 is 1.00 bits per heavy atom. The molecule has 0 amide bonds. The van der Waals surface area contributed by atoms with E-state index in [2.05, 4.69) is 0 Å². The molecule has 2 unspecified atom stereocenters. The Hall–Kier alpha value is -3.22. The molecule has 0 spiro atoms. The number of Topliss-reactive ketones (excluding diaryl/α,β-unsaturated/α-hetero) is 1. The maximum atomic E-state index is 15.1. The van der Waals surface area contributed by atoms with Crippen molar-refractivity contribution in [3.8, 4) is 0 Å². The van der Waals surface area contributed by atoms with Crippen LogP contribution in [0.4, 0.5) is 0 Å². The summed E-state index contributed by atoms with van der Waals surface area (Å²) < 4.78 is 15.1. The summed E-state index contributed by atoms with van der Waals surface area (Å²) in [5.74, 6) is -0.474. The average molecular weight is 424 g/mol. The van der Waals surface area contributed by atoms with E-state index in [1.807, 2.05) is 128 Å². The van der Waals surface area contributed by atoms with Crippen molar-refractivity contribution < 1.29 is 9.36 Å². The van der Waals surface area contributed by atoms with Gasteiger partial charge in [-0.25, -0.2) is 0 Å². The Balaban J connectivity index is 1.94. The minimum absolute atomic E-state index is 0.00143. The zero-order valence-corrected chi connectivity index (χ0v) is 18.4. The van der Waals surface area contributed by atoms with Crippen LogP contribution in [0.25, 0.3) is 0 Å². The number of carbonyl (C=O) groups is 1. The van der Waals surface area contributed by atoms with E-state index in [9.17, 15) is 4.79 Å². The molecule has 0 aromatic heterocycles. The van der Waals surface area contributed by atoms with Crippen LogP contribution < -0.4 is 10.6 Å². The molecular weight excluding hydrogens is 399 g/mol. The first-order valence-electron chi connectivity index (χ1n) is 10.5. The molecule has 31 heavy (non-hydrogen) atoms. The Labute approximate surface area is 184 Å². The highest BCUT2D eigenvalue weighted by atomic mass is 31.2. The second-order valence-corrected chi connectivity index (χ2v) is 10.6. The third-order valence-electron chi connectivity index (χ3n) is 5.76. The van der Waals surface area contributed by atoms with Crippen molar-refractivity contribution in [2.75, 3.05) is 0 Å². The molecular formula is C28H25O2P. The van der Waals surface area contributed by atoms with Gasteiger partial charge in [0, 0.05) is 22.1 Å². The Kier molecular flexibility index (Phi) is 6.30. The fraction of sp³-hybridized carbons (Fsp3) is 0.107. The van der Waals surface area contributed by atoms with Crippen molar-refractivity contribution in [1.29, 1.82) is 0 Å². The summed E-state index contributed by atoms with van der Waals surface area (Å²) in [5, 5.41) is 1.53. The minimum Gasteiger partial charge on any atom is -0.313 e. The largest absolute Gasteiger partial charge is 0.313 e. The van der Waals surface area contributed by atoms with Crippen LogP contribution in [-0.4, -0.2) is 5.78 Å². The van der Waals surface area contributed by atoms with Gasteiger partial charge in [0.2, 0.25) is 0 Å². The van der Waals surface area contributed by atoms with Gasteiger partial charge in [-0.1, -0.05) is 128 Å². The van der Waals surface area contributed by atoms with Crippen LogP contribution in [0.5, 0.6) is 0 Å². The van der Waals surface area contributed by atoms with Crippen molar-refractivity contribution in [3.05, 3.63) is 132 Å². The summed E-state index contributed by atoms with van der Waals surface area (Å²) in [5.41, 5.74) is 1.07. The van der Waals surface area contributed by atoms with Gasteiger partial charge in [-0.3, -0.25) is 4.79 Å². The van der Waals surface area contributed by atoms with Gasteiger partial charge >= 0.3 is 0 Å². The second-order valence-electron chi connectivity index (χ2n) is 7.70. The van der Waals surface area contributed by atoms with E-state index in [1.165, 1.54) is 0 Å². The standard InChI is InChI=1S/C28H25O2P/c1-22(27(29)23-14-6-2-7-15-23)28(24-16-8-3-9-17-24)31(30,25-18-10-4-11-19-25)26-20-12-5-13-21-26/h2-22,28H,1H3. The lowest BCUT2D eigenvalue weighted by Gasteiger charge is -2.33. The van der Waals surface area contributed by atoms with Gasteiger partial charge in [-0.05, 0) is 5.56 Å². The molecule has 0 bridgehead atoms. The van der Waals surface area contributed by atoms with E-state index < -0.39 is 18.7 Å². The van der Waals surface area contributed by atoms with Gasteiger partial charge in [0.05, 0.1) is 5.66 Å². The highest BCUT2D eigenvalue weighted by Gasteiger charge is 2.43. The van der Waals surface area contributed by atoms with Crippen LogP contribution >= 0.6 is 7.14 Å². The van der Waals surface area contributed by atoms with Crippen molar-refractivity contribution >= 4 is 23.5 Å². The molecule has 0 N–H and O–H groups in total. The van der Waals surface area contributed by atoms with Crippen LogP contribution in [-0.2, 0) is 4.57 Å². The number of ketones is 1. The predicted octanol–water partition coefficient (Wildman–Crippen LogP) is 6.26. The predicted molar refractivity (Wildman–Crippen MR) is 129 cm³/mol. The van der Waals surface area contributed by atoms with E-state index in [4.69, 9.17) is 0 Å². The fourth-order valence-electron chi connectivity index (χ4n) is 4.24. The molecule has 154 valence electrons. The van der Waals surface area contributed by atoms with E-state index in [1.54, 1.807) is 0 Å². The summed E-state index contributed by atoms with van der Waals surface area (Å²) >= 11 is 0. The molecule has 2 nitrogen and oxygen atoms in total. The van der Waals surface area contributed by atoms with Crippen LogP contribution in [0, 0.1) is 5.92 Å². The average Bonchev–Trinajstić information content (AvgIpc) is 2.85. The quantitative estimate of drug-likeness (QED) is 0.259. The third kappa shape index (κ3) is 4.17. The number of carbonyl (C=O) groups excluding carboxylic acids is 1. The zero-order chi connectivity index (χ0) is 21.7. The Bertz CT molecular complexity index is 1130. The smallest absolute Gasteiger partial charge is 0.166 e. The SMILES string of the molecule is CC(C(=O)c1ccccc1)C(c1ccccc1)P(=O)(c1ccccc1)c1ccccc1. The minimum atomic E-state index is -3.21. The Morgan fingerprint density at radius 1 is 0.613 bits per heavy atom. The monoisotopic (exact) mass is 424 g/mol. The van der Waals surface area contributed by atoms with E-state index in [0.29, 0.717) is 5.56 Å². The maximum absolute atomic E-state index is 15.1. The first-order chi connectivity index (χ1) is 15.1. The first kappa shape index (κ1) is 21.0. The molecule has 0 saturated carbocycles. The van der Waals surface area contributed by atoms with E-state index in [-0.39, 0.29) is 5.78 Å². The van der Waals surface area contributed by atoms with Crippen molar-refractivity contribution in [2.45, 2.75) is 12.6 Å². The fourth-order valence-corrected chi connectivity index (χ4v) is 7.77. The Morgan fingerprint density at radius 3 is 1.45 bits per heavy atom. The molecule has 4 aromatic rings. The van der Waals surface area contributed by atoms with Crippen LogP contribution in [0.2, 0.25) is 0 Å². The third-order valence-corrected chi connectivity index (χ3v) is 9.42. The van der Waals surface area contributed by atoms with Crippen LogP contribution in [0.15, 0.2) is 121 Å². The zero-order valence-electron chi connectivity index (χ0n) is 17.5. The van der Waals surface area contributed by atoms with E-state index in [0.717, 1.165) is 16.2 Å². The number of hydrogen-bond acceptors (Lipinski definition) is 2. The maximum Gasteiger partial charge on any atom is 0.166 e. The number of rotatable bonds is 7. The lowest BCUT2D eigenvalue weighted by molar-refractivity contribution is 0.0926. The topological polar surface area (TPSA) is 34.1 Å². The summed E-state index contributed by atoms with van der Waals surface area (Å²) in [6, 6.07) is 38.3. The summed E-state index contributed by atoms with van der Waals surface area (Å²) in [6.45, 7) is 1.91. The molecule has 0 aliphatic carbocycles. The van der Waals surface area contributed by atoms with Crippen molar-refractivity contribution in [1.82, 2.24) is 0 Å². The van der Waals surface area contributed by atoms with Crippen LogP contribution in [0.3, 0.4) is 0 Å². The van der Waals surface area contributed by atoms with Crippen molar-refractivity contribution in [3.63, 3.8) is 0 Å². The summed E-state index contributed by atoms with van der Waals surface area (Å²) in [7, 11) is -3.21. The molecule has 0 fully saturated rings. The van der Waals surface area contributed by atoms with E-state index >= 15 is 4.57 Å². The molecule has 3 heteroatoms. The molecule has 0 aliphatic heterocycles. The second kappa shape index (κ2) is 9.29. The highest BCUT2D eigenvalue weighted by molar-refractivity contribution is 7.79. The number of hydrogen-bond donors (Lipinski definition) is 0. The van der Waals surface area contributed by atoms with Gasteiger partial charge in [0.1, 0.15) is 0 Å². The van der Waals surface area contributed by atoms with Crippen molar-refractivity contribution in [2.24, 2.45) is 5.92 Å². The van der Waals surface area contributed by atoms with Gasteiger partial charge in [-0.2, -0.15) is 0 Å². The molecule has 0 saturated heterocycles. The lowest BCUT2D eigenvalue weighted by atomic mass is 9.92. The number of benzene rings is 4. The van der Waals surface area contributed by atoms with Gasteiger partial charge < -0.3 is 4.57 Å². The van der Waals surface area contributed by atoms with Gasteiger partial charge in [0.25, 0.3) is 0 Å². The normalized spacial score (nSPS) is 13.3. The molecule has 0 radical (unpaired) electrons. The molecule has 4 rings (SSSR count). The summed E-state index contributed by atoms with van der Waals surface area (Å²) in [4.78, 5) is 13.5. The first-order valence-corrected chi connectivity index (χ1v) is 12.2. The highest BCUT2D eigenvalue weighted by Crippen LogP contribution is 2.60. The lowest BCUT2D eigenvalue weighted by Crippen LogP contribution is -2.28.